The van der Waals surface area contributed by atoms with Crippen molar-refractivity contribution in [2.24, 2.45) is 11.7 Å². The maximum Gasteiger partial charge on any atom is 0.152 e. The Bertz CT molecular complexity index is 123. The van der Waals surface area contributed by atoms with Crippen LogP contribution in [-0.2, 0) is 4.79 Å². The summed E-state index contributed by atoms with van der Waals surface area (Å²) in [6, 6.07) is -0.289. The van der Waals surface area contributed by atoms with Crippen LogP contribution in [-0.4, -0.2) is 25.4 Å². The second-order valence-electron chi connectivity index (χ2n) is 3.06. The summed E-state index contributed by atoms with van der Waals surface area (Å²) in [5, 5.41) is 2.96. The lowest BCUT2D eigenvalue weighted by atomic mass is 10.0. The molecule has 0 aromatic rings. The number of hydrogen-bond acceptors (Lipinski definition) is 3. The van der Waals surface area contributed by atoms with Crippen molar-refractivity contribution in [1.29, 1.82) is 0 Å². The van der Waals surface area contributed by atoms with Gasteiger partial charge in [-0.25, -0.2) is 0 Å². The maximum atomic E-state index is 11.2. The van der Waals surface area contributed by atoms with E-state index in [0.717, 1.165) is 13.0 Å². The normalized spacial score (nSPS) is 13.5. The fourth-order valence-corrected chi connectivity index (χ4v) is 0.870. The minimum atomic E-state index is -0.289. The summed E-state index contributed by atoms with van der Waals surface area (Å²) in [6.45, 7) is 4.56. The predicted octanol–water partition coefficient (Wildman–Crippen LogP) is 0.148. The van der Waals surface area contributed by atoms with Gasteiger partial charge < -0.3 is 11.1 Å². The molecule has 0 saturated carbocycles. The molecule has 0 aromatic carbocycles. The first-order valence-corrected chi connectivity index (χ1v) is 4.03. The highest BCUT2D eigenvalue weighted by molar-refractivity contribution is 5.85. The Labute approximate surface area is 68.3 Å². The van der Waals surface area contributed by atoms with Crippen molar-refractivity contribution < 1.29 is 4.79 Å². The minimum Gasteiger partial charge on any atom is -0.321 e. The molecule has 0 aliphatic carbocycles. The van der Waals surface area contributed by atoms with Gasteiger partial charge in [-0.05, 0) is 20.0 Å². The Hall–Kier alpha value is -0.410. The molecule has 11 heavy (non-hydrogen) atoms. The lowest BCUT2D eigenvalue weighted by Gasteiger charge is -2.11. The lowest BCUT2D eigenvalue weighted by Crippen LogP contribution is -2.36. The van der Waals surface area contributed by atoms with Crippen LogP contribution in [0.5, 0.6) is 0 Å². The average Bonchev–Trinajstić information content (AvgIpc) is 1.98. The van der Waals surface area contributed by atoms with Gasteiger partial charge in [-0.15, -0.1) is 0 Å². The highest BCUT2D eigenvalue weighted by atomic mass is 16.1. The number of nitrogens with one attached hydrogen (secondary N) is 1. The second kappa shape index (κ2) is 5.27. The molecule has 3 nitrogen and oxygen atoms in total. The third-order valence-corrected chi connectivity index (χ3v) is 1.64. The van der Waals surface area contributed by atoms with Gasteiger partial charge in [0, 0.05) is 5.92 Å². The number of rotatable bonds is 5. The second-order valence-corrected chi connectivity index (χ2v) is 3.06. The van der Waals surface area contributed by atoms with Crippen molar-refractivity contribution in [1.82, 2.24) is 5.32 Å². The molecule has 0 amide bonds. The molecular formula is C8H18N2O. The van der Waals surface area contributed by atoms with Crippen LogP contribution in [0.4, 0.5) is 0 Å². The number of hydrogen-bond donors (Lipinski definition) is 2. The highest BCUT2D eigenvalue weighted by Gasteiger charge is 2.15. The first kappa shape index (κ1) is 10.6. The summed E-state index contributed by atoms with van der Waals surface area (Å²) in [6.07, 6.45) is 0.730. The number of carbonyl (C=O) groups excluding carboxylic acids is 1. The fourth-order valence-electron chi connectivity index (χ4n) is 0.870. The van der Waals surface area contributed by atoms with Gasteiger partial charge in [0.2, 0.25) is 0 Å². The molecule has 0 aliphatic rings. The van der Waals surface area contributed by atoms with E-state index in [1.165, 1.54) is 0 Å². The molecular weight excluding hydrogens is 140 g/mol. The summed E-state index contributed by atoms with van der Waals surface area (Å²) in [4.78, 5) is 11.2. The zero-order valence-corrected chi connectivity index (χ0v) is 7.55. The molecule has 3 heteroatoms. The predicted molar refractivity (Wildman–Crippen MR) is 46.4 cm³/mol. The van der Waals surface area contributed by atoms with E-state index in [2.05, 4.69) is 5.32 Å². The zero-order chi connectivity index (χ0) is 8.85. The highest BCUT2D eigenvalue weighted by Crippen LogP contribution is 1.99. The molecule has 0 unspecified atom stereocenters. The van der Waals surface area contributed by atoms with Crippen LogP contribution >= 0.6 is 0 Å². The molecule has 1 atom stereocenters. The van der Waals surface area contributed by atoms with Crippen LogP contribution in [0.1, 0.15) is 20.3 Å². The molecule has 0 bridgehead atoms. The van der Waals surface area contributed by atoms with E-state index in [1.54, 1.807) is 0 Å². The number of Topliss-reactive ketones (excluding diaryl/α,β-unsaturated/α-hetero) is 1. The van der Waals surface area contributed by atoms with E-state index in [0.29, 0.717) is 0 Å². The van der Waals surface area contributed by atoms with E-state index < -0.39 is 0 Å². The first-order chi connectivity index (χ1) is 5.09. The maximum absolute atomic E-state index is 11.2. The van der Waals surface area contributed by atoms with Crippen molar-refractivity contribution in [2.45, 2.75) is 26.3 Å². The van der Waals surface area contributed by atoms with E-state index >= 15 is 0 Å². The Kier molecular flexibility index (Phi) is 5.07. The summed E-state index contributed by atoms with van der Waals surface area (Å²) < 4.78 is 0. The van der Waals surface area contributed by atoms with Gasteiger partial charge >= 0.3 is 0 Å². The molecule has 0 rings (SSSR count). The van der Waals surface area contributed by atoms with Gasteiger partial charge in [-0.3, -0.25) is 4.79 Å². The van der Waals surface area contributed by atoms with Gasteiger partial charge in [0.1, 0.15) is 0 Å². The monoisotopic (exact) mass is 158 g/mol. The number of nitrogens with two attached hydrogens (primary N) is 1. The lowest BCUT2D eigenvalue weighted by molar-refractivity contribution is -0.123. The Morgan fingerprint density at radius 1 is 1.55 bits per heavy atom. The van der Waals surface area contributed by atoms with E-state index in [-0.39, 0.29) is 17.7 Å². The Balaban J connectivity index is 3.64. The van der Waals surface area contributed by atoms with Gasteiger partial charge in [-0.2, -0.15) is 0 Å². The Morgan fingerprint density at radius 2 is 2.09 bits per heavy atom. The number of ketones is 1. The van der Waals surface area contributed by atoms with Gasteiger partial charge in [0.05, 0.1) is 6.04 Å². The van der Waals surface area contributed by atoms with Crippen LogP contribution in [0.15, 0.2) is 0 Å². The minimum absolute atomic E-state index is 0.0573. The van der Waals surface area contributed by atoms with Crippen LogP contribution in [0.3, 0.4) is 0 Å². The summed E-state index contributed by atoms with van der Waals surface area (Å²) in [7, 11) is 1.85. The SMILES string of the molecule is CNCC[C@H](N)C(=O)C(C)C. The third-order valence-electron chi connectivity index (χ3n) is 1.64. The van der Waals surface area contributed by atoms with Crippen LogP contribution < -0.4 is 11.1 Å². The van der Waals surface area contributed by atoms with Crippen LogP contribution in [0, 0.1) is 5.92 Å². The number of carbonyl (C=O) groups is 1. The molecule has 0 aromatic heterocycles. The van der Waals surface area contributed by atoms with Gasteiger partial charge in [-0.1, -0.05) is 13.8 Å². The molecule has 0 saturated heterocycles. The average molecular weight is 158 g/mol. The molecule has 0 heterocycles. The molecule has 0 radical (unpaired) electrons. The van der Waals surface area contributed by atoms with E-state index in [4.69, 9.17) is 5.73 Å². The van der Waals surface area contributed by atoms with E-state index in [9.17, 15) is 4.79 Å². The van der Waals surface area contributed by atoms with Crippen molar-refractivity contribution in [3.63, 3.8) is 0 Å². The summed E-state index contributed by atoms with van der Waals surface area (Å²) >= 11 is 0. The van der Waals surface area contributed by atoms with Crippen LogP contribution in [0.2, 0.25) is 0 Å². The van der Waals surface area contributed by atoms with Crippen molar-refractivity contribution >= 4 is 5.78 Å². The topological polar surface area (TPSA) is 55.1 Å². The molecule has 3 N–H and O–H groups in total. The largest absolute Gasteiger partial charge is 0.321 e. The summed E-state index contributed by atoms with van der Waals surface area (Å²) in [5.41, 5.74) is 5.61. The Morgan fingerprint density at radius 3 is 2.45 bits per heavy atom. The molecule has 66 valence electrons. The van der Waals surface area contributed by atoms with Crippen molar-refractivity contribution in [3.8, 4) is 0 Å². The van der Waals surface area contributed by atoms with Crippen molar-refractivity contribution in [2.75, 3.05) is 13.6 Å². The molecule has 0 fully saturated rings. The molecule has 0 aliphatic heterocycles. The molecule has 0 spiro atoms. The first-order valence-electron chi connectivity index (χ1n) is 4.03. The third kappa shape index (κ3) is 4.11. The van der Waals surface area contributed by atoms with Crippen LogP contribution in [0.25, 0.3) is 0 Å². The van der Waals surface area contributed by atoms with Crippen molar-refractivity contribution in [3.05, 3.63) is 0 Å². The smallest absolute Gasteiger partial charge is 0.152 e. The fraction of sp³-hybridized carbons (Fsp3) is 0.875. The summed E-state index contributed by atoms with van der Waals surface area (Å²) in [5.74, 6) is 0.210. The standard InChI is InChI=1S/C8H18N2O/c1-6(2)8(11)7(9)4-5-10-3/h6-7,10H,4-5,9H2,1-3H3/t7-/m0/s1. The van der Waals surface area contributed by atoms with Gasteiger partial charge in [0.15, 0.2) is 5.78 Å². The van der Waals surface area contributed by atoms with Gasteiger partial charge in [0.25, 0.3) is 0 Å². The van der Waals surface area contributed by atoms with E-state index in [1.807, 2.05) is 20.9 Å². The zero-order valence-electron chi connectivity index (χ0n) is 7.55. The quantitative estimate of drug-likeness (QED) is 0.598.